The third kappa shape index (κ3) is 6.59. The van der Waals surface area contributed by atoms with E-state index in [9.17, 15) is 9.59 Å². The highest BCUT2D eigenvalue weighted by Gasteiger charge is 2.23. The van der Waals surface area contributed by atoms with Gasteiger partial charge in [0.1, 0.15) is 0 Å². The van der Waals surface area contributed by atoms with E-state index in [0.717, 1.165) is 12.8 Å². The molecule has 0 aromatic heterocycles. The van der Waals surface area contributed by atoms with Crippen LogP contribution in [0.4, 0.5) is 0 Å². The van der Waals surface area contributed by atoms with Crippen molar-refractivity contribution in [2.45, 2.75) is 59.0 Å². The van der Waals surface area contributed by atoms with Crippen molar-refractivity contribution in [3.8, 4) is 0 Å². The van der Waals surface area contributed by atoms with Gasteiger partial charge in [0, 0.05) is 19.1 Å². The minimum Gasteiger partial charge on any atom is -0.481 e. The van der Waals surface area contributed by atoms with Gasteiger partial charge >= 0.3 is 5.97 Å². The number of carboxylic acid groups (broad SMARTS) is 1. The second-order valence-corrected chi connectivity index (χ2v) is 4.80. The highest BCUT2D eigenvalue weighted by molar-refractivity contribution is 5.81. The Hall–Kier alpha value is -1.10. The number of nitrogens with one attached hydrogen (secondary N) is 1. The minimum absolute atomic E-state index is 0.0254. The van der Waals surface area contributed by atoms with Crippen molar-refractivity contribution in [1.29, 1.82) is 0 Å². The summed E-state index contributed by atoms with van der Waals surface area (Å²) in [5.41, 5.74) is 0. The van der Waals surface area contributed by atoms with E-state index < -0.39 is 5.97 Å². The Morgan fingerprint density at radius 3 is 2.33 bits per heavy atom. The molecule has 0 aromatic carbocycles. The first-order valence-corrected chi connectivity index (χ1v) is 6.65. The fraction of sp³-hybridized carbons (Fsp3) is 0.846. The molecule has 0 rings (SSSR count). The molecule has 0 aliphatic rings. The molecule has 1 amide bonds. The molecule has 5 heteroatoms. The lowest BCUT2D eigenvalue weighted by atomic mass is 10.2. The van der Waals surface area contributed by atoms with Crippen LogP contribution in [0.25, 0.3) is 0 Å². The lowest BCUT2D eigenvalue weighted by Gasteiger charge is -2.31. The van der Waals surface area contributed by atoms with Gasteiger partial charge in [-0.2, -0.15) is 0 Å². The number of rotatable bonds is 9. The summed E-state index contributed by atoms with van der Waals surface area (Å²) in [6.07, 6.45) is 2.07. The van der Waals surface area contributed by atoms with Crippen molar-refractivity contribution >= 4 is 11.9 Å². The minimum atomic E-state index is -0.834. The fourth-order valence-electron chi connectivity index (χ4n) is 1.81. The quantitative estimate of drug-likeness (QED) is 0.615. The third-order valence-corrected chi connectivity index (χ3v) is 2.95. The molecule has 0 saturated carbocycles. The monoisotopic (exact) mass is 258 g/mol. The molecule has 0 bridgehead atoms. The van der Waals surface area contributed by atoms with Gasteiger partial charge < -0.3 is 10.4 Å². The van der Waals surface area contributed by atoms with Crippen molar-refractivity contribution in [2.75, 3.05) is 13.1 Å². The first-order chi connectivity index (χ1) is 8.40. The highest BCUT2D eigenvalue weighted by atomic mass is 16.4. The van der Waals surface area contributed by atoms with Gasteiger partial charge in [0.05, 0.1) is 12.5 Å². The van der Waals surface area contributed by atoms with Crippen molar-refractivity contribution in [3.05, 3.63) is 0 Å². The van der Waals surface area contributed by atoms with Crippen LogP contribution < -0.4 is 5.32 Å². The summed E-state index contributed by atoms with van der Waals surface area (Å²) in [5, 5.41) is 11.6. The van der Waals surface area contributed by atoms with E-state index in [2.05, 4.69) is 12.2 Å². The van der Waals surface area contributed by atoms with Gasteiger partial charge in [0.25, 0.3) is 0 Å². The van der Waals surface area contributed by atoms with Crippen LogP contribution in [-0.2, 0) is 9.59 Å². The Labute approximate surface area is 110 Å². The predicted molar refractivity (Wildman–Crippen MR) is 71.5 cm³/mol. The van der Waals surface area contributed by atoms with Crippen LogP contribution in [0.5, 0.6) is 0 Å². The maximum Gasteiger partial charge on any atom is 0.304 e. The molecule has 5 nitrogen and oxygen atoms in total. The number of hydrogen-bond acceptors (Lipinski definition) is 3. The zero-order valence-electron chi connectivity index (χ0n) is 11.9. The Morgan fingerprint density at radius 2 is 1.89 bits per heavy atom. The van der Waals surface area contributed by atoms with Gasteiger partial charge in [-0.25, -0.2) is 0 Å². The van der Waals surface area contributed by atoms with Crippen LogP contribution in [0, 0.1) is 0 Å². The molecule has 1 atom stereocenters. The van der Waals surface area contributed by atoms with Crippen molar-refractivity contribution < 1.29 is 14.7 Å². The van der Waals surface area contributed by atoms with Crippen LogP contribution in [0.2, 0.25) is 0 Å². The van der Waals surface area contributed by atoms with Crippen molar-refractivity contribution in [3.63, 3.8) is 0 Å². The normalized spacial score (nSPS) is 12.8. The van der Waals surface area contributed by atoms with Gasteiger partial charge in [-0.05, 0) is 27.2 Å². The number of unbranched alkanes of at least 4 members (excludes halogenated alkanes) is 1. The molecule has 0 heterocycles. The van der Waals surface area contributed by atoms with Gasteiger partial charge in [0.15, 0.2) is 0 Å². The third-order valence-electron chi connectivity index (χ3n) is 2.95. The molecule has 0 radical (unpaired) electrons. The Balaban J connectivity index is 4.31. The van der Waals surface area contributed by atoms with Gasteiger partial charge in [-0.1, -0.05) is 13.3 Å². The zero-order chi connectivity index (χ0) is 14.1. The average Bonchev–Trinajstić information content (AvgIpc) is 2.28. The smallest absolute Gasteiger partial charge is 0.304 e. The van der Waals surface area contributed by atoms with Crippen LogP contribution in [0.1, 0.15) is 47.0 Å². The van der Waals surface area contributed by atoms with Crippen LogP contribution in [0.15, 0.2) is 0 Å². The van der Waals surface area contributed by atoms with E-state index in [4.69, 9.17) is 5.11 Å². The number of hydrogen-bond donors (Lipinski definition) is 2. The molecule has 18 heavy (non-hydrogen) atoms. The number of carboxylic acids is 1. The molecular weight excluding hydrogens is 232 g/mol. The summed E-state index contributed by atoms with van der Waals surface area (Å²) in [6.45, 7) is 8.92. The first-order valence-electron chi connectivity index (χ1n) is 6.65. The van der Waals surface area contributed by atoms with E-state index in [-0.39, 0.29) is 24.4 Å². The van der Waals surface area contributed by atoms with Crippen LogP contribution in [-0.4, -0.2) is 47.1 Å². The van der Waals surface area contributed by atoms with Gasteiger partial charge in [-0.15, -0.1) is 0 Å². The standard InChI is InChI=1S/C13H26N2O3/c1-5-6-8-14-13(18)11(4)15(10(2)3)9-7-12(16)17/h10-11H,5-9H2,1-4H3,(H,14,18)(H,16,17). The zero-order valence-corrected chi connectivity index (χ0v) is 11.9. The molecule has 0 aromatic rings. The lowest BCUT2D eigenvalue weighted by molar-refractivity contribution is -0.138. The summed E-state index contributed by atoms with van der Waals surface area (Å²) in [5.74, 6) is -0.859. The molecule has 2 N–H and O–H groups in total. The van der Waals surface area contributed by atoms with E-state index >= 15 is 0 Å². The average molecular weight is 258 g/mol. The summed E-state index contributed by atoms with van der Waals surface area (Å²) < 4.78 is 0. The molecule has 0 aliphatic carbocycles. The van der Waals surface area contributed by atoms with Crippen LogP contribution >= 0.6 is 0 Å². The number of amides is 1. The van der Waals surface area contributed by atoms with E-state index in [1.165, 1.54) is 0 Å². The Kier molecular flexibility index (Phi) is 8.37. The molecular formula is C13H26N2O3. The summed E-state index contributed by atoms with van der Waals surface area (Å²) in [4.78, 5) is 24.4. The number of carbonyl (C=O) groups is 2. The van der Waals surface area contributed by atoms with Crippen molar-refractivity contribution in [2.24, 2.45) is 0 Å². The molecule has 0 saturated heterocycles. The molecule has 0 aliphatic heterocycles. The SMILES string of the molecule is CCCCNC(=O)C(C)N(CCC(=O)O)C(C)C. The number of nitrogens with zero attached hydrogens (tertiary/aromatic N) is 1. The largest absolute Gasteiger partial charge is 0.481 e. The highest BCUT2D eigenvalue weighted by Crippen LogP contribution is 2.07. The Morgan fingerprint density at radius 1 is 1.28 bits per heavy atom. The number of aliphatic carboxylic acids is 1. The van der Waals surface area contributed by atoms with Crippen LogP contribution in [0.3, 0.4) is 0 Å². The summed E-state index contributed by atoms with van der Waals surface area (Å²) in [6, 6.07) is -0.141. The topological polar surface area (TPSA) is 69.6 Å². The van der Waals surface area contributed by atoms with Gasteiger partial charge in [0.2, 0.25) is 5.91 Å². The maximum absolute atomic E-state index is 11.9. The van der Waals surface area contributed by atoms with E-state index in [0.29, 0.717) is 13.1 Å². The number of carbonyl (C=O) groups excluding carboxylic acids is 1. The molecule has 0 fully saturated rings. The summed E-state index contributed by atoms with van der Waals surface area (Å²) >= 11 is 0. The van der Waals surface area contributed by atoms with Crippen molar-refractivity contribution in [1.82, 2.24) is 10.2 Å². The maximum atomic E-state index is 11.9. The van der Waals surface area contributed by atoms with E-state index in [1.54, 1.807) is 0 Å². The molecule has 0 spiro atoms. The van der Waals surface area contributed by atoms with E-state index in [1.807, 2.05) is 25.7 Å². The first kappa shape index (κ1) is 16.9. The lowest BCUT2D eigenvalue weighted by Crippen LogP contribution is -2.49. The second-order valence-electron chi connectivity index (χ2n) is 4.80. The Bertz CT molecular complexity index is 267. The fourth-order valence-corrected chi connectivity index (χ4v) is 1.81. The molecule has 1 unspecified atom stereocenters. The predicted octanol–water partition coefficient (Wildman–Crippen LogP) is 1.48. The summed E-state index contributed by atoms with van der Waals surface area (Å²) in [7, 11) is 0. The second kappa shape index (κ2) is 8.91. The molecule has 106 valence electrons. The van der Waals surface area contributed by atoms with Gasteiger partial charge in [-0.3, -0.25) is 14.5 Å².